The molecule has 19 heavy (non-hydrogen) atoms. The van der Waals surface area contributed by atoms with Gasteiger partial charge in [-0.15, -0.1) is 12.4 Å². The molecule has 0 aliphatic heterocycles. The van der Waals surface area contributed by atoms with Crippen molar-refractivity contribution in [3.8, 4) is 0 Å². The van der Waals surface area contributed by atoms with Gasteiger partial charge in [-0.2, -0.15) is 0 Å². The second kappa shape index (κ2) is 7.22. The Hall–Kier alpha value is -0.650. The van der Waals surface area contributed by atoms with E-state index in [-0.39, 0.29) is 30.0 Å². The molecule has 6 heteroatoms. The molecule has 0 saturated carbocycles. The molecule has 0 fully saturated rings. The van der Waals surface area contributed by atoms with Crippen LogP contribution in [0.1, 0.15) is 31.1 Å². The fraction of sp³-hybridized carbons (Fsp3) is 0.462. The van der Waals surface area contributed by atoms with Gasteiger partial charge in [0.15, 0.2) is 0 Å². The monoisotopic (exact) mass is 352 g/mol. The Labute approximate surface area is 127 Å². The van der Waals surface area contributed by atoms with Crippen LogP contribution in [0, 0.1) is 11.7 Å². The van der Waals surface area contributed by atoms with Gasteiger partial charge >= 0.3 is 0 Å². The summed E-state index contributed by atoms with van der Waals surface area (Å²) in [5, 5.41) is 2.90. The number of nitrogens with two attached hydrogens (primary N) is 1. The van der Waals surface area contributed by atoms with Gasteiger partial charge in [-0.05, 0) is 47.0 Å². The van der Waals surface area contributed by atoms with Gasteiger partial charge in [-0.1, -0.05) is 13.8 Å². The zero-order chi connectivity index (χ0) is 13.9. The number of carbonyl (C=O) groups excluding carboxylic acids is 1. The first kappa shape index (κ1) is 18.4. The lowest BCUT2D eigenvalue weighted by Gasteiger charge is -2.33. The average Bonchev–Trinajstić information content (AvgIpc) is 2.28. The van der Waals surface area contributed by atoms with E-state index in [0.29, 0.717) is 16.6 Å². The maximum atomic E-state index is 13.0. The molecule has 1 unspecified atom stereocenters. The molecule has 0 aliphatic rings. The van der Waals surface area contributed by atoms with Crippen LogP contribution < -0.4 is 11.1 Å². The largest absolute Gasteiger partial charge is 0.345 e. The first-order valence-corrected chi connectivity index (χ1v) is 6.57. The first-order chi connectivity index (χ1) is 8.30. The Morgan fingerprint density at radius 3 is 2.53 bits per heavy atom. The van der Waals surface area contributed by atoms with Gasteiger partial charge in [0.2, 0.25) is 0 Å². The van der Waals surface area contributed by atoms with Crippen molar-refractivity contribution in [2.24, 2.45) is 11.7 Å². The summed E-state index contributed by atoms with van der Waals surface area (Å²) in [6, 6.07) is 3.98. The zero-order valence-electron chi connectivity index (χ0n) is 11.2. The number of nitrogens with one attached hydrogen (secondary N) is 1. The van der Waals surface area contributed by atoms with Crippen molar-refractivity contribution in [3.63, 3.8) is 0 Å². The quantitative estimate of drug-likeness (QED) is 0.874. The number of halogens is 3. The molecule has 0 bridgehead atoms. The molecule has 1 atom stereocenters. The van der Waals surface area contributed by atoms with E-state index in [9.17, 15) is 9.18 Å². The van der Waals surface area contributed by atoms with E-state index in [1.54, 1.807) is 0 Å². The van der Waals surface area contributed by atoms with Crippen LogP contribution in [0.4, 0.5) is 4.39 Å². The summed E-state index contributed by atoms with van der Waals surface area (Å²) in [7, 11) is 0. The summed E-state index contributed by atoms with van der Waals surface area (Å²) in [4.78, 5) is 12.1. The topological polar surface area (TPSA) is 55.1 Å². The maximum Gasteiger partial charge on any atom is 0.252 e. The molecule has 3 N–H and O–H groups in total. The van der Waals surface area contributed by atoms with E-state index in [4.69, 9.17) is 5.73 Å². The predicted octanol–water partition coefficient (Wildman–Crippen LogP) is 3.11. The van der Waals surface area contributed by atoms with Crippen LogP contribution >= 0.6 is 28.3 Å². The van der Waals surface area contributed by atoms with Crippen LogP contribution in [-0.2, 0) is 0 Å². The summed E-state index contributed by atoms with van der Waals surface area (Å²) < 4.78 is 13.4. The van der Waals surface area contributed by atoms with Crippen molar-refractivity contribution in [1.82, 2.24) is 5.32 Å². The molecule has 0 radical (unpaired) electrons. The summed E-state index contributed by atoms with van der Waals surface area (Å²) in [5.74, 6) is -0.446. The standard InChI is InChI=1S/C13H18BrFN2O.ClH/c1-8(2)13(3,7-16)17-12(18)10-5-4-9(15)6-11(10)14;/h4-6,8H,7,16H2,1-3H3,(H,17,18);1H. The van der Waals surface area contributed by atoms with Crippen LogP contribution in [-0.4, -0.2) is 18.0 Å². The highest BCUT2D eigenvalue weighted by Gasteiger charge is 2.29. The molecule has 0 spiro atoms. The van der Waals surface area contributed by atoms with Gasteiger partial charge in [0.25, 0.3) is 5.91 Å². The van der Waals surface area contributed by atoms with Crippen molar-refractivity contribution in [2.45, 2.75) is 26.3 Å². The lowest BCUT2D eigenvalue weighted by Crippen LogP contribution is -2.55. The van der Waals surface area contributed by atoms with Crippen LogP contribution in [0.15, 0.2) is 22.7 Å². The summed E-state index contributed by atoms with van der Waals surface area (Å²) in [5.41, 5.74) is 5.63. The van der Waals surface area contributed by atoms with Gasteiger partial charge in [-0.25, -0.2) is 4.39 Å². The average molecular weight is 354 g/mol. The van der Waals surface area contributed by atoms with Crippen LogP contribution in [0.2, 0.25) is 0 Å². The molecular formula is C13H19BrClFN2O. The van der Waals surface area contributed by atoms with Gasteiger partial charge in [0.1, 0.15) is 5.82 Å². The molecule has 1 aromatic carbocycles. The number of rotatable bonds is 4. The molecule has 0 heterocycles. The summed E-state index contributed by atoms with van der Waals surface area (Å²) in [6.07, 6.45) is 0. The fourth-order valence-corrected chi connectivity index (χ4v) is 1.96. The number of hydrogen-bond donors (Lipinski definition) is 2. The molecule has 1 rings (SSSR count). The molecule has 1 amide bonds. The van der Waals surface area contributed by atoms with E-state index in [1.165, 1.54) is 18.2 Å². The second-order valence-electron chi connectivity index (χ2n) is 4.85. The summed E-state index contributed by atoms with van der Waals surface area (Å²) in [6.45, 7) is 6.22. The van der Waals surface area contributed by atoms with Crippen molar-refractivity contribution >= 4 is 34.2 Å². The number of amides is 1. The third-order valence-corrected chi connectivity index (χ3v) is 3.93. The van der Waals surface area contributed by atoms with Crippen molar-refractivity contribution in [3.05, 3.63) is 34.1 Å². The Balaban J connectivity index is 0.00000324. The highest BCUT2D eigenvalue weighted by atomic mass is 79.9. The van der Waals surface area contributed by atoms with Gasteiger partial charge in [0, 0.05) is 11.0 Å². The zero-order valence-corrected chi connectivity index (χ0v) is 13.6. The highest BCUT2D eigenvalue weighted by molar-refractivity contribution is 9.10. The van der Waals surface area contributed by atoms with E-state index in [2.05, 4.69) is 21.2 Å². The summed E-state index contributed by atoms with van der Waals surface area (Å²) >= 11 is 3.18. The van der Waals surface area contributed by atoms with Crippen LogP contribution in [0.3, 0.4) is 0 Å². The van der Waals surface area contributed by atoms with Crippen LogP contribution in [0.25, 0.3) is 0 Å². The predicted molar refractivity (Wildman–Crippen MR) is 81.1 cm³/mol. The van der Waals surface area contributed by atoms with E-state index in [0.717, 1.165) is 0 Å². The Bertz CT molecular complexity index is 456. The lowest BCUT2D eigenvalue weighted by atomic mass is 9.88. The van der Waals surface area contributed by atoms with Crippen LogP contribution in [0.5, 0.6) is 0 Å². The smallest absolute Gasteiger partial charge is 0.252 e. The Kier molecular flexibility index (Phi) is 6.97. The second-order valence-corrected chi connectivity index (χ2v) is 5.71. The first-order valence-electron chi connectivity index (χ1n) is 5.78. The Morgan fingerprint density at radius 2 is 2.11 bits per heavy atom. The van der Waals surface area contributed by atoms with Gasteiger partial charge < -0.3 is 11.1 Å². The van der Waals surface area contributed by atoms with E-state index in [1.807, 2.05) is 20.8 Å². The maximum absolute atomic E-state index is 13.0. The fourth-order valence-electron chi connectivity index (χ4n) is 1.43. The molecular weight excluding hydrogens is 335 g/mol. The molecule has 1 aromatic rings. The SMILES string of the molecule is CC(C)C(C)(CN)NC(=O)c1ccc(F)cc1Br.Cl. The van der Waals surface area contributed by atoms with Crippen molar-refractivity contribution in [2.75, 3.05) is 6.54 Å². The van der Waals surface area contributed by atoms with E-state index >= 15 is 0 Å². The number of hydrogen-bond acceptors (Lipinski definition) is 2. The molecule has 0 aliphatic carbocycles. The van der Waals surface area contributed by atoms with Crippen molar-refractivity contribution < 1.29 is 9.18 Å². The normalized spacial score (nSPS) is 13.6. The minimum atomic E-state index is -0.481. The molecule has 0 aromatic heterocycles. The molecule has 0 saturated heterocycles. The highest BCUT2D eigenvalue weighted by Crippen LogP contribution is 2.20. The molecule has 108 valence electrons. The Morgan fingerprint density at radius 1 is 1.53 bits per heavy atom. The van der Waals surface area contributed by atoms with Gasteiger partial charge in [-0.3, -0.25) is 4.79 Å². The number of benzene rings is 1. The van der Waals surface area contributed by atoms with Crippen molar-refractivity contribution in [1.29, 1.82) is 0 Å². The third kappa shape index (κ3) is 4.44. The van der Waals surface area contributed by atoms with Gasteiger partial charge in [0.05, 0.1) is 11.1 Å². The lowest BCUT2D eigenvalue weighted by molar-refractivity contribution is 0.0882. The minimum Gasteiger partial charge on any atom is -0.345 e. The third-order valence-electron chi connectivity index (χ3n) is 3.27. The van der Waals surface area contributed by atoms with E-state index < -0.39 is 5.54 Å². The minimum absolute atomic E-state index is 0. The number of carbonyl (C=O) groups is 1. The molecule has 3 nitrogen and oxygen atoms in total.